The molecular formula is C7H19N3. The molecule has 0 aromatic carbocycles. The molecule has 0 aromatic rings. The summed E-state index contributed by atoms with van der Waals surface area (Å²) in [6.07, 6.45) is 0. The summed E-state index contributed by atoms with van der Waals surface area (Å²) in [5.41, 5.74) is 5.41. The summed E-state index contributed by atoms with van der Waals surface area (Å²) in [5, 5.41) is 0. The van der Waals surface area contributed by atoms with Gasteiger partial charge in [-0.2, -0.15) is 0 Å². The fraction of sp³-hybridized carbons (Fsp3) is 1.00. The Morgan fingerprint density at radius 2 is 1.60 bits per heavy atom. The van der Waals surface area contributed by atoms with Crippen LogP contribution in [0.5, 0.6) is 0 Å². The van der Waals surface area contributed by atoms with Crippen molar-refractivity contribution in [1.29, 1.82) is 0 Å². The summed E-state index contributed by atoms with van der Waals surface area (Å²) >= 11 is 0. The Morgan fingerprint density at radius 1 is 1.10 bits per heavy atom. The van der Waals surface area contributed by atoms with Crippen LogP contribution in [-0.2, 0) is 0 Å². The van der Waals surface area contributed by atoms with Gasteiger partial charge < -0.3 is 10.6 Å². The monoisotopic (exact) mass is 145 g/mol. The van der Waals surface area contributed by atoms with Crippen LogP contribution < -0.4 is 5.73 Å². The minimum atomic E-state index is 0.650. The van der Waals surface area contributed by atoms with Gasteiger partial charge in [0.15, 0.2) is 0 Å². The van der Waals surface area contributed by atoms with E-state index in [0.717, 1.165) is 19.6 Å². The summed E-state index contributed by atoms with van der Waals surface area (Å²) in [6, 6.07) is 0. The van der Waals surface area contributed by atoms with Crippen LogP contribution in [0.25, 0.3) is 0 Å². The fourth-order valence-electron chi connectivity index (χ4n) is 0.591. The molecule has 0 aliphatic rings. The second kappa shape index (κ2) is 5.65. The molecule has 0 bridgehead atoms. The molecule has 3 nitrogen and oxygen atoms in total. The number of nitrogens with zero attached hydrogens (tertiary/aromatic N) is 2. The third-order valence-electron chi connectivity index (χ3n) is 1.71. The van der Waals surface area contributed by atoms with Crippen molar-refractivity contribution in [2.24, 2.45) is 5.73 Å². The van der Waals surface area contributed by atoms with E-state index in [1.54, 1.807) is 0 Å². The summed E-state index contributed by atoms with van der Waals surface area (Å²) in [4.78, 5) is 4.37. The molecule has 0 rings (SSSR count). The maximum absolute atomic E-state index is 5.41. The molecule has 0 heterocycles. The van der Waals surface area contributed by atoms with Crippen LogP contribution in [0.2, 0.25) is 0 Å². The molecule has 0 amide bonds. The first-order chi connectivity index (χ1) is 4.70. The fourth-order valence-corrected chi connectivity index (χ4v) is 0.591. The first-order valence-corrected chi connectivity index (χ1v) is 3.77. The molecule has 10 heavy (non-hydrogen) atoms. The smallest absolute Gasteiger partial charge is 0.0452 e. The number of likely N-dealkylation sites (N-methyl/N-ethyl adjacent to an activating group) is 2. The Kier molecular flexibility index (Phi) is 5.58. The Labute approximate surface area is 63.8 Å². The Balaban J connectivity index is 3.17. The van der Waals surface area contributed by atoms with Crippen LogP contribution in [0, 0.1) is 0 Å². The van der Waals surface area contributed by atoms with Crippen LogP contribution in [0.3, 0.4) is 0 Å². The maximum atomic E-state index is 5.41. The molecule has 0 aliphatic heterocycles. The van der Waals surface area contributed by atoms with Crippen molar-refractivity contribution in [1.82, 2.24) is 9.80 Å². The van der Waals surface area contributed by atoms with Gasteiger partial charge in [-0.05, 0) is 20.6 Å². The molecule has 3 heteroatoms. The first-order valence-electron chi connectivity index (χ1n) is 3.77. The largest absolute Gasteiger partial charge is 0.318 e. The predicted molar refractivity (Wildman–Crippen MR) is 44.9 cm³/mol. The van der Waals surface area contributed by atoms with E-state index in [9.17, 15) is 0 Å². The van der Waals surface area contributed by atoms with Crippen LogP contribution in [-0.4, -0.2) is 50.2 Å². The van der Waals surface area contributed by atoms with Crippen molar-refractivity contribution in [2.45, 2.75) is 6.92 Å². The van der Waals surface area contributed by atoms with Crippen molar-refractivity contribution >= 4 is 0 Å². The highest BCUT2D eigenvalue weighted by atomic mass is 15.2. The summed E-state index contributed by atoms with van der Waals surface area (Å²) in [5.74, 6) is 0. The van der Waals surface area contributed by atoms with Gasteiger partial charge in [0.05, 0.1) is 0 Å². The van der Waals surface area contributed by atoms with Crippen molar-refractivity contribution in [3.05, 3.63) is 0 Å². The van der Waals surface area contributed by atoms with Crippen LogP contribution in [0.4, 0.5) is 0 Å². The highest BCUT2D eigenvalue weighted by Crippen LogP contribution is 1.82. The highest BCUT2D eigenvalue weighted by molar-refractivity contribution is 4.51. The van der Waals surface area contributed by atoms with E-state index >= 15 is 0 Å². The molecule has 0 aromatic heterocycles. The van der Waals surface area contributed by atoms with E-state index in [0.29, 0.717) is 6.67 Å². The van der Waals surface area contributed by atoms with Gasteiger partial charge in [-0.1, -0.05) is 6.92 Å². The van der Waals surface area contributed by atoms with Gasteiger partial charge >= 0.3 is 0 Å². The zero-order valence-electron chi connectivity index (χ0n) is 7.30. The van der Waals surface area contributed by atoms with E-state index < -0.39 is 0 Å². The molecule has 2 N–H and O–H groups in total. The molecule has 0 saturated carbocycles. The normalized spacial score (nSPS) is 11.4. The van der Waals surface area contributed by atoms with E-state index in [-0.39, 0.29) is 0 Å². The molecule has 0 saturated heterocycles. The standard InChI is InChI=1S/C7H19N3/c1-4-9(2)5-6-10(3)7-8/h4-8H2,1-3H3. The number of hydrogen-bond acceptors (Lipinski definition) is 3. The van der Waals surface area contributed by atoms with E-state index in [4.69, 9.17) is 5.73 Å². The lowest BCUT2D eigenvalue weighted by atomic mass is 10.5. The van der Waals surface area contributed by atoms with Gasteiger partial charge in [-0.15, -0.1) is 0 Å². The molecule has 0 aliphatic carbocycles. The van der Waals surface area contributed by atoms with Gasteiger partial charge in [-0.25, -0.2) is 0 Å². The van der Waals surface area contributed by atoms with Crippen LogP contribution in [0.1, 0.15) is 6.92 Å². The predicted octanol–water partition coefficient (Wildman–Crippen LogP) is -0.214. The van der Waals surface area contributed by atoms with Crippen molar-refractivity contribution in [3.63, 3.8) is 0 Å². The van der Waals surface area contributed by atoms with E-state index in [1.165, 1.54) is 0 Å². The van der Waals surface area contributed by atoms with Gasteiger partial charge in [0.1, 0.15) is 0 Å². The minimum absolute atomic E-state index is 0.650. The second-order valence-electron chi connectivity index (χ2n) is 2.66. The Bertz CT molecular complexity index is 65.3. The van der Waals surface area contributed by atoms with Gasteiger partial charge in [-0.3, -0.25) is 4.90 Å². The molecular weight excluding hydrogens is 126 g/mol. The highest BCUT2D eigenvalue weighted by Gasteiger charge is 1.96. The zero-order valence-corrected chi connectivity index (χ0v) is 7.30. The summed E-state index contributed by atoms with van der Waals surface area (Å²) in [6.45, 7) is 6.07. The lowest BCUT2D eigenvalue weighted by Gasteiger charge is -2.18. The SMILES string of the molecule is CCN(C)CCN(C)CN. The van der Waals surface area contributed by atoms with Crippen molar-refractivity contribution < 1.29 is 0 Å². The second-order valence-corrected chi connectivity index (χ2v) is 2.66. The average molecular weight is 145 g/mol. The summed E-state index contributed by atoms with van der Waals surface area (Å²) < 4.78 is 0. The lowest BCUT2D eigenvalue weighted by molar-refractivity contribution is 0.268. The quantitative estimate of drug-likeness (QED) is 0.543. The molecule has 0 unspecified atom stereocenters. The van der Waals surface area contributed by atoms with E-state index in [2.05, 4.69) is 23.8 Å². The van der Waals surface area contributed by atoms with Gasteiger partial charge in [0.2, 0.25) is 0 Å². The molecule has 0 spiro atoms. The van der Waals surface area contributed by atoms with Gasteiger partial charge in [0, 0.05) is 19.8 Å². The number of nitrogens with two attached hydrogens (primary N) is 1. The third kappa shape index (κ3) is 4.73. The third-order valence-corrected chi connectivity index (χ3v) is 1.71. The Hall–Kier alpha value is -0.120. The molecule has 0 fully saturated rings. The maximum Gasteiger partial charge on any atom is 0.0452 e. The number of rotatable bonds is 5. The zero-order chi connectivity index (χ0) is 7.98. The Morgan fingerprint density at radius 3 is 2.00 bits per heavy atom. The number of hydrogen-bond donors (Lipinski definition) is 1. The van der Waals surface area contributed by atoms with Crippen LogP contribution >= 0.6 is 0 Å². The van der Waals surface area contributed by atoms with Crippen molar-refractivity contribution in [2.75, 3.05) is 40.4 Å². The average Bonchev–Trinajstić information content (AvgIpc) is 1.99. The molecule has 62 valence electrons. The first kappa shape index (κ1) is 9.88. The molecule has 0 radical (unpaired) electrons. The van der Waals surface area contributed by atoms with Gasteiger partial charge in [0.25, 0.3) is 0 Å². The van der Waals surface area contributed by atoms with E-state index in [1.807, 2.05) is 7.05 Å². The molecule has 0 atom stereocenters. The lowest BCUT2D eigenvalue weighted by Crippen LogP contribution is -2.33. The van der Waals surface area contributed by atoms with Crippen molar-refractivity contribution in [3.8, 4) is 0 Å². The minimum Gasteiger partial charge on any atom is -0.318 e. The van der Waals surface area contributed by atoms with Crippen LogP contribution in [0.15, 0.2) is 0 Å². The summed E-state index contributed by atoms with van der Waals surface area (Å²) in [7, 11) is 4.15. The topological polar surface area (TPSA) is 32.5 Å².